The van der Waals surface area contributed by atoms with Crippen LogP contribution in [-0.2, 0) is 4.89 Å². The molecule has 0 aliphatic carbocycles. The first-order valence-corrected chi connectivity index (χ1v) is 2.99. The van der Waals surface area contributed by atoms with E-state index < -0.39 is 0 Å². The van der Waals surface area contributed by atoms with Crippen LogP contribution in [0.1, 0.15) is 0 Å². The maximum absolute atomic E-state index is 7.97. The van der Waals surface area contributed by atoms with Gasteiger partial charge in [0.15, 0.2) is 6.73 Å². The van der Waals surface area contributed by atoms with Gasteiger partial charge in [0, 0.05) is 0 Å². The van der Waals surface area contributed by atoms with Gasteiger partial charge in [0.2, 0.25) is 17.8 Å². The first kappa shape index (κ1) is 8.43. The van der Waals surface area contributed by atoms with Gasteiger partial charge < -0.3 is 16.8 Å². The minimum atomic E-state index is -0.150. The predicted octanol–water partition coefficient (Wildman–Crippen LogP) is -1.11. The fraction of sp³-hybridized carbons (Fsp3) is 0.250. The second-order valence-electron chi connectivity index (χ2n) is 1.83. The molecule has 0 amide bonds. The summed E-state index contributed by atoms with van der Waals surface area (Å²) in [6.07, 6.45) is 0. The average Bonchev–Trinajstić information content (AvgIpc) is 1.99. The molecule has 1 aromatic heterocycles. The second kappa shape index (κ2) is 3.64. The fourth-order valence-corrected chi connectivity index (χ4v) is 0.585. The number of rotatable bonds is 3. The van der Waals surface area contributed by atoms with Gasteiger partial charge >= 0.3 is 0 Å². The van der Waals surface area contributed by atoms with Gasteiger partial charge in [-0.1, -0.05) is 0 Å². The van der Waals surface area contributed by atoms with Crippen molar-refractivity contribution >= 4 is 17.8 Å². The third kappa shape index (κ3) is 2.18. The molecule has 0 radical (unpaired) electrons. The Hall–Kier alpha value is -1.67. The molecule has 8 nitrogen and oxygen atoms in total. The molecule has 1 heterocycles. The van der Waals surface area contributed by atoms with Crippen molar-refractivity contribution in [2.75, 3.05) is 23.5 Å². The molecule has 0 aromatic carbocycles. The van der Waals surface area contributed by atoms with Crippen LogP contribution in [0, 0.1) is 0 Å². The second-order valence-corrected chi connectivity index (χ2v) is 1.83. The van der Waals surface area contributed by atoms with Crippen molar-refractivity contribution in [1.82, 2.24) is 15.0 Å². The number of nitrogens with two attached hydrogens (primary N) is 2. The molecule has 8 heteroatoms. The number of anilines is 3. The molecule has 0 atom stereocenters. The van der Waals surface area contributed by atoms with Crippen LogP contribution >= 0.6 is 0 Å². The molecule has 1 aromatic rings. The van der Waals surface area contributed by atoms with Gasteiger partial charge in [-0.05, 0) is 0 Å². The standard InChI is InChI=1S/C4H8N6O2/c5-2-8-3(6)10-4(9-2)7-1-12-11/h11H,1H2,(H5,5,6,7,8,9,10). The normalized spacial score (nSPS) is 9.75. The quantitative estimate of drug-likeness (QED) is 0.256. The molecule has 0 unspecified atom stereocenters. The lowest BCUT2D eigenvalue weighted by atomic mass is 10.8. The van der Waals surface area contributed by atoms with Crippen LogP contribution in [-0.4, -0.2) is 26.9 Å². The Morgan fingerprint density at radius 2 is 1.83 bits per heavy atom. The van der Waals surface area contributed by atoms with E-state index in [0.717, 1.165) is 0 Å². The highest BCUT2D eigenvalue weighted by atomic mass is 17.1. The van der Waals surface area contributed by atoms with E-state index in [1.54, 1.807) is 0 Å². The summed E-state index contributed by atoms with van der Waals surface area (Å²) in [4.78, 5) is 14.6. The van der Waals surface area contributed by atoms with Crippen molar-refractivity contribution in [3.8, 4) is 0 Å². The number of hydrogen-bond donors (Lipinski definition) is 4. The van der Waals surface area contributed by atoms with Crippen LogP contribution in [0.4, 0.5) is 17.8 Å². The highest BCUT2D eigenvalue weighted by Crippen LogP contribution is 2.02. The number of hydrogen-bond acceptors (Lipinski definition) is 8. The summed E-state index contributed by atoms with van der Waals surface area (Å²) in [6, 6.07) is 0. The van der Waals surface area contributed by atoms with Gasteiger partial charge in [-0.3, -0.25) is 0 Å². The third-order valence-corrected chi connectivity index (χ3v) is 0.965. The van der Waals surface area contributed by atoms with E-state index in [4.69, 9.17) is 16.7 Å². The molecule has 1 rings (SSSR count). The third-order valence-electron chi connectivity index (χ3n) is 0.965. The first-order valence-electron chi connectivity index (χ1n) is 2.99. The summed E-state index contributed by atoms with van der Waals surface area (Å²) in [7, 11) is 0. The lowest BCUT2D eigenvalue weighted by Crippen LogP contribution is -2.11. The van der Waals surface area contributed by atoms with Gasteiger partial charge in [0.25, 0.3) is 0 Å². The Morgan fingerprint density at radius 3 is 2.33 bits per heavy atom. The zero-order valence-corrected chi connectivity index (χ0v) is 6.06. The topological polar surface area (TPSA) is 132 Å². The number of nitrogens with zero attached hydrogens (tertiary/aromatic N) is 3. The van der Waals surface area contributed by atoms with Crippen molar-refractivity contribution in [3.63, 3.8) is 0 Å². The fourth-order valence-electron chi connectivity index (χ4n) is 0.585. The molecule has 0 saturated heterocycles. The summed E-state index contributed by atoms with van der Waals surface area (Å²) in [5.74, 6) is 0.153. The van der Waals surface area contributed by atoms with Crippen molar-refractivity contribution in [2.24, 2.45) is 0 Å². The van der Waals surface area contributed by atoms with E-state index in [0.29, 0.717) is 0 Å². The van der Waals surface area contributed by atoms with E-state index in [-0.39, 0.29) is 24.6 Å². The van der Waals surface area contributed by atoms with Gasteiger partial charge in [-0.2, -0.15) is 15.0 Å². The summed E-state index contributed by atoms with van der Waals surface area (Å²) < 4.78 is 0. The molecule has 12 heavy (non-hydrogen) atoms. The van der Waals surface area contributed by atoms with Crippen molar-refractivity contribution in [3.05, 3.63) is 0 Å². The van der Waals surface area contributed by atoms with Gasteiger partial charge in [-0.15, -0.1) is 0 Å². The summed E-state index contributed by atoms with van der Waals surface area (Å²) in [5, 5.41) is 10.5. The zero-order valence-electron chi connectivity index (χ0n) is 6.06. The number of nitrogens with one attached hydrogen (secondary N) is 1. The van der Waals surface area contributed by atoms with E-state index in [9.17, 15) is 0 Å². The minimum absolute atomic E-state index is 0.00272. The average molecular weight is 172 g/mol. The van der Waals surface area contributed by atoms with Crippen LogP contribution in [0.25, 0.3) is 0 Å². The van der Waals surface area contributed by atoms with Crippen LogP contribution in [0.3, 0.4) is 0 Å². The van der Waals surface area contributed by atoms with Gasteiger partial charge in [0.1, 0.15) is 0 Å². The zero-order chi connectivity index (χ0) is 8.97. The lowest BCUT2D eigenvalue weighted by Gasteiger charge is -2.02. The Morgan fingerprint density at radius 1 is 1.25 bits per heavy atom. The van der Waals surface area contributed by atoms with Crippen molar-refractivity contribution in [2.45, 2.75) is 0 Å². The molecule has 6 N–H and O–H groups in total. The lowest BCUT2D eigenvalue weighted by molar-refractivity contribution is -0.235. The smallest absolute Gasteiger partial charge is 0.231 e. The van der Waals surface area contributed by atoms with Crippen molar-refractivity contribution < 1.29 is 10.1 Å². The molecular weight excluding hydrogens is 164 g/mol. The number of aromatic nitrogens is 3. The predicted molar refractivity (Wildman–Crippen MR) is 40.9 cm³/mol. The molecule has 0 aliphatic rings. The Balaban J connectivity index is 2.72. The SMILES string of the molecule is Nc1nc(N)nc(NCOO)n1. The first-order chi connectivity index (χ1) is 5.72. The molecule has 0 bridgehead atoms. The van der Waals surface area contributed by atoms with Crippen LogP contribution in [0.2, 0.25) is 0 Å². The highest BCUT2D eigenvalue weighted by molar-refractivity contribution is 5.36. The van der Waals surface area contributed by atoms with E-state index >= 15 is 0 Å². The molecule has 0 spiro atoms. The largest absolute Gasteiger partial charge is 0.368 e. The minimum Gasteiger partial charge on any atom is -0.368 e. The Labute approximate surface area is 67.5 Å². The molecule has 0 saturated carbocycles. The molecule has 0 fully saturated rings. The molecular formula is C4H8N6O2. The van der Waals surface area contributed by atoms with E-state index in [2.05, 4.69) is 25.2 Å². The number of nitrogen functional groups attached to an aromatic ring is 2. The maximum atomic E-state index is 7.97. The van der Waals surface area contributed by atoms with Gasteiger partial charge in [0.05, 0.1) is 0 Å². The van der Waals surface area contributed by atoms with E-state index in [1.807, 2.05) is 0 Å². The molecule has 0 aliphatic heterocycles. The van der Waals surface area contributed by atoms with Crippen LogP contribution < -0.4 is 16.8 Å². The van der Waals surface area contributed by atoms with E-state index in [1.165, 1.54) is 0 Å². The Bertz CT molecular complexity index is 245. The highest BCUT2D eigenvalue weighted by Gasteiger charge is 1.99. The van der Waals surface area contributed by atoms with Crippen LogP contribution in [0.15, 0.2) is 0 Å². The Kier molecular flexibility index (Phi) is 2.56. The monoisotopic (exact) mass is 172 g/mol. The van der Waals surface area contributed by atoms with Gasteiger partial charge in [-0.25, -0.2) is 10.1 Å². The molecule has 66 valence electrons. The summed E-state index contributed by atoms with van der Waals surface area (Å²) >= 11 is 0. The maximum Gasteiger partial charge on any atom is 0.231 e. The summed E-state index contributed by atoms with van der Waals surface area (Å²) in [6.45, 7) is -0.150. The van der Waals surface area contributed by atoms with Crippen LogP contribution in [0.5, 0.6) is 0 Å². The summed E-state index contributed by atoms with van der Waals surface area (Å²) in [5.41, 5.74) is 10.5. The van der Waals surface area contributed by atoms with Crippen molar-refractivity contribution in [1.29, 1.82) is 0 Å².